The molecule has 2 nitrogen and oxygen atoms in total. The third kappa shape index (κ3) is 4.93. The van der Waals surface area contributed by atoms with E-state index in [0.29, 0.717) is 12.2 Å². The van der Waals surface area contributed by atoms with Crippen molar-refractivity contribution >= 4 is 29.6 Å². The number of hydrogen-bond donors (Lipinski definition) is 0. The first-order valence-corrected chi connectivity index (χ1v) is 15.7. The van der Waals surface area contributed by atoms with E-state index in [1.807, 2.05) is 24.3 Å². The second kappa shape index (κ2) is 10.5. The third-order valence-corrected chi connectivity index (χ3v) is 12.9. The van der Waals surface area contributed by atoms with Crippen LogP contribution in [0.5, 0.6) is 0 Å². The highest BCUT2D eigenvalue weighted by Gasteiger charge is 2.51. The summed E-state index contributed by atoms with van der Waals surface area (Å²) in [5.74, 6) is -0.532. The summed E-state index contributed by atoms with van der Waals surface area (Å²) >= 11 is 0. The summed E-state index contributed by atoms with van der Waals surface area (Å²) in [5, 5.41) is 3.09. The van der Waals surface area contributed by atoms with Gasteiger partial charge in [0.25, 0.3) is 8.32 Å². The van der Waals surface area contributed by atoms with Crippen molar-refractivity contribution in [1.82, 2.24) is 4.57 Å². The Labute approximate surface area is 237 Å². The van der Waals surface area contributed by atoms with Crippen molar-refractivity contribution in [1.29, 1.82) is 0 Å². The number of aromatic nitrogens is 1. The summed E-state index contributed by atoms with van der Waals surface area (Å²) < 4.78 is 38.0. The Morgan fingerprint density at radius 2 is 1.32 bits per heavy atom. The molecule has 0 unspecified atom stereocenters. The Bertz CT molecular complexity index is 1600. The summed E-state index contributed by atoms with van der Waals surface area (Å²) in [4.78, 5) is 0. The summed E-state index contributed by atoms with van der Waals surface area (Å²) in [7, 11) is -2.77. The molecule has 0 amide bonds. The maximum Gasteiger partial charge on any atom is 0.261 e. The molecule has 40 heavy (non-hydrogen) atoms. The Morgan fingerprint density at radius 1 is 0.725 bits per heavy atom. The number of rotatable bonds is 7. The van der Waals surface area contributed by atoms with Gasteiger partial charge >= 0.3 is 0 Å². The molecule has 1 heterocycles. The van der Waals surface area contributed by atoms with Gasteiger partial charge < -0.3 is 8.99 Å². The lowest BCUT2D eigenvalue weighted by Crippen LogP contribution is -2.67. The summed E-state index contributed by atoms with van der Waals surface area (Å²) in [6.07, 6.45) is 0. The van der Waals surface area contributed by atoms with Gasteiger partial charge in [-0.05, 0) is 70.4 Å². The van der Waals surface area contributed by atoms with E-state index in [9.17, 15) is 8.78 Å². The van der Waals surface area contributed by atoms with Crippen molar-refractivity contribution in [2.75, 3.05) is 6.61 Å². The molecule has 0 saturated carbocycles. The van der Waals surface area contributed by atoms with E-state index in [-0.39, 0.29) is 16.7 Å². The zero-order valence-corrected chi connectivity index (χ0v) is 25.1. The minimum atomic E-state index is -2.77. The van der Waals surface area contributed by atoms with Crippen molar-refractivity contribution in [2.24, 2.45) is 0 Å². The average Bonchev–Trinajstić information content (AvgIpc) is 3.30. The van der Waals surface area contributed by atoms with Gasteiger partial charge in [0.2, 0.25) is 0 Å². The molecule has 0 aliphatic rings. The summed E-state index contributed by atoms with van der Waals surface area (Å²) in [5.41, 5.74) is 2.80. The quantitative estimate of drug-likeness (QED) is 0.186. The van der Waals surface area contributed by atoms with Crippen LogP contribution < -0.4 is 10.4 Å². The van der Waals surface area contributed by atoms with E-state index in [4.69, 9.17) is 4.43 Å². The monoisotopic (exact) mass is 553 g/mol. The highest BCUT2D eigenvalue weighted by atomic mass is 28.4. The topological polar surface area (TPSA) is 14.2 Å². The second-order valence-electron chi connectivity index (χ2n) is 12.3. The lowest BCUT2D eigenvalue weighted by molar-refractivity contribution is 0.223. The summed E-state index contributed by atoms with van der Waals surface area (Å²) in [6.45, 7) is 13.4. The zero-order valence-electron chi connectivity index (χ0n) is 24.1. The molecule has 0 fully saturated rings. The highest BCUT2D eigenvalue weighted by molar-refractivity contribution is 6.99. The second-order valence-corrected chi connectivity index (χ2v) is 16.6. The molecule has 0 aliphatic heterocycles. The molecule has 0 aliphatic carbocycles. The third-order valence-electron chi connectivity index (χ3n) is 7.92. The lowest BCUT2D eigenvalue weighted by atomic mass is 9.90. The van der Waals surface area contributed by atoms with Gasteiger partial charge in [-0.1, -0.05) is 95.3 Å². The molecule has 4 aromatic carbocycles. The van der Waals surface area contributed by atoms with Gasteiger partial charge in [0.15, 0.2) is 0 Å². The van der Waals surface area contributed by atoms with E-state index in [1.54, 1.807) is 25.1 Å². The molecule has 0 spiro atoms. The molecule has 206 valence electrons. The molecular weight excluding hydrogens is 516 g/mol. The molecule has 5 heteroatoms. The van der Waals surface area contributed by atoms with Crippen LogP contribution in [0.1, 0.15) is 45.9 Å². The van der Waals surface area contributed by atoms with Crippen molar-refractivity contribution in [3.63, 3.8) is 0 Å². The van der Waals surface area contributed by atoms with Crippen LogP contribution >= 0.6 is 0 Å². The number of aryl methyl sites for hydroxylation is 1. The fraction of sp³-hybridized carbons (Fsp3) is 0.257. The maximum atomic E-state index is 14.3. The maximum absolute atomic E-state index is 14.3. The number of hydrogen-bond acceptors (Lipinski definition) is 1. The van der Waals surface area contributed by atoms with Crippen LogP contribution in [0.3, 0.4) is 0 Å². The average molecular weight is 554 g/mol. The molecule has 1 aromatic heterocycles. The summed E-state index contributed by atoms with van der Waals surface area (Å²) in [6, 6.07) is 33.2. The fourth-order valence-electron chi connectivity index (χ4n) is 5.85. The lowest BCUT2D eigenvalue weighted by Gasteiger charge is -2.44. The molecule has 0 N–H and O–H groups in total. The Balaban J connectivity index is 1.66. The zero-order chi connectivity index (χ0) is 28.7. The Morgan fingerprint density at radius 3 is 1.88 bits per heavy atom. The molecule has 0 radical (unpaired) electrons. The van der Waals surface area contributed by atoms with Gasteiger partial charge in [-0.25, -0.2) is 8.78 Å². The van der Waals surface area contributed by atoms with Crippen LogP contribution in [0, 0.1) is 18.6 Å². The normalized spacial score (nSPS) is 12.7. The molecule has 0 atom stereocenters. The number of benzene rings is 4. The minimum Gasteiger partial charge on any atom is -0.406 e. The largest absolute Gasteiger partial charge is 0.406 e. The van der Waals surface area contributed by atoms with Gasteiger partial charge in [-0.3, -0.25) is 0 Å². The number of nitrogens with zero attached hydrogens (tertiary/aromatic N) is 1. The Hall–Kier alpha value is -3.54. The van der Waals surface area contributed by atoms with Crippen molar-refractivity contribution < 1.29 is 13.2 Å². The smallest absolute Gasteiger partial charge is 0.261 e. The SMILES string of the molecule is Cc1cc(-n2c(C(C)(C)CO[Si](c3ccccc3)(c3ccccc3)C(C)(C)C)cc3cc(F)ccc32)ccc1F. The van der Waals surface area contributed by atoms with Crippen molar-refractivity contribution in [3.05, 3.63) is 126 Å². The van der Waals surface area contributed by atoms with Gasteiger partial charge in [-0.2, -0.15) is 0 Å². The van der Waals surface area contributed by atoms with Gasteiger partial charge in [0, 0.05) is 28.8 Å². The van der Waals surface area contributed by atoms with Crippen LogP contribution in [0.15, 0.2) is 103 Å². The Kier molecular flexibility index (Phi) is 7.32. The van der Waals surface area contributed by atoms with Crippen LogP contribution in [-0.2, 0) is 9.84 Å². The van der Waals surface area contributed by atoms with Crippen molar-refractivity contribution in [3.8, 4) is 5.69 Å². The first-order chi connectivity index (χ1) is 18.9. The van der Waals surface area contributed by atoms with Gasteiger partial charge in [0.05, 0.1) is 5.52 Å². The number of fused-ring (bicyclic) bond motifs is 1. The van der Waals surface area contributed by atoms with Gasteiger partial charge in [0.1, 0.15) is 11.6 Å². The molecule has 0 bridgehead atoms. The predicted molar refractivity (Wildman–Crippen MR) is 165 cm³/mol. The minimum absolute atomic E-state index is 0.157. The first-order valence-electron chi connectivity index (χ1n) is 13.8. The first kappa shape index (κ1) is 28.0. The molecule has 0 saturated heterocycles. The van der Waals surface area contributed by atoms with E-state index >= 15 is 0 Å². The molecular formula is C35H37F2NOSi. The van der Waals surface area contributed by atoms with Gasteiger partial charge in [-0.15, -0.1) is 0 Å². The van der Waals surface area contributed by atoms with Crippen LogP contribution in [-0.4, -0.2) is 19.5 Å². The van der Waals surface area contributed by atoms with E-state index in [1.165, 1.54) is 22.5 Å². The molecule has 5 rings (SSSR count). The van der Waals surface area contributed by atoms with Crippen LogP contribution in [0.25, 0.3) is 16.6 Å². The van der Waals surface area contributed by atoms with Crippen LogP contribution in [0.2, 0.25) is 5.04 Å². The fourth-order valence-corrected chi connectivity index (χ4v) is 10.6. The predicted octanol–water partition coefficient (Wildman–Crippen LogP) is 8.07. The highest BCUT2D eigenvalue weighted by Crippen LogP contribution is 2.40. The van der Waals surface area contributed by atoms with Crippen LogP contribution in [0.4, 0.5) is 8.78 Å². The van der Waals surface area contributed by atoms with E-state index in [2.05, 4.69) is 87.7 Å². The van der Waals surface area contributed by atoms with E-state index < -0.39 is 13.7 Å². The van der Waals surface area contributed by atoms with E-state index in [0.717, 1.165) is 22.3 Å². The standard InChI is InChI=1S/C35H37F2NOSi/c1-25-21-28(18-19-31(25)37)38-32-20-17-27(36)22-26(32)23-33(38)35(5,6)24-39-40(34(2,3)4,29-13-9-7-10-14-29)30-15-11-8-12-16-30/h7-23H,24H2,1-6H3. The van der Waals surface area contributed by atoms with Crippen molar-refractivity contribution in [2.45, 2.75) is 52.0 Å². The number of halogens is 2. The molecule has 5 aromatic rings.